The molecule has 1 atom stereocenters. The average molecular weight is 642 g/mol. The Balaban J connectivity index is 0.00000289. The molecule has 2 aliphatic rings. The van der Waals surface area contributed by atoms with Crippen LogP contribution in [0.5, 0.6) is 5.75 Å². The van der Waals surface area contributed by atoms with Crippen LogP contribution in [-0.2, 0) is 10.2 Å². The van der Waals surface area contributed by atoms with Gasteiger partial charge in [0.25, 0.3) is 5.91 Å². The maximum absolute atomic E-state index is 15.1. The van der Waals surface area contributed by atoms with Gasteiger partial charge in [0.1, 0.15) is 0 Å². The van der Waals surface area contributed by atoms with Crippen molar-refractivity contribution < 1.29 is 13.9 Å². The first-order valence-corrected chi connectivity index (χ1v) is 13.5. The van der Waals surface area contributed by atoms with Gasteiger partial charge in [-0.1, -0.05) is 24.3 Å². The van der Waals surface area contributed by atoms with Gasteiger partial charge in [-0.2, -0.15) is 0 Å². The van der Waals surface area contributed by atoms with Crippen molar-refractivity contribution >= 4 is 46.5 Å². The van der Waals surface area contributed by atoms with Crippen LogP contribution in [0.15, 0.2) is 73.3 Å². The van der Waals surface area contributed by atoms with Gasteiger partial charge in [-0.05, 0) is 68.0 Å². The molecule has 3 aromatic heterocycles. The van der Waals surface area contributed by atoms with Crippen LogP contribution in [0.1, 0.15) is 43.9 Å². The number of rotatable bonds is 6. The van der Waals surface area contributed by atoms with Gasteiger partial charge in [0.05, 0.1) is 17.4 Å². The molecule has 7 rings (SSSR count). The number of carbonyl (C=O) groups excluding carboxylic acids is 1. The second kappa shape index (κ2) is 10.5. The summed E-state index contributed by atoms with van der Waals surface area (Å²) in [5, 5.41) is 1.15. The molecule has 4 heterocycles. The van der Waals surface area contributed by atoms with E-state index in [1.807, 2.05) is 35.1 Å². The predicted molar refractivity (Wildman–Crippen MR) is 155 cm³/mol. The van der Waals surface area contributed by atoms with Crippen LogP contribution in [-0.4, -0.2) is 73.3 Å². The van der Waals surface area contributed by atoms with E-state index in [2.05, 4.69) is 33.2 Å². The van der Waals surface area contributed by atoms with Crippen LogP contribution in [0.25, 0.3) is 27.8 Å². The normalized spacial score (nSPS) is 16.6. The number of fused-ring (bicyclic) bond motifs is 2. The number of likely N-dealkylation sites (tertiary alicyclic amines) is 1. The van der Waals surface area contributed by atoms with E-state index in [1.165, 1.54) is 11.6 Å². The molecule has 0 spiro atoms. The van der Waals surface area contributed by atoms with E-state index in [-0.39, 0.29) is 41.0 Å². The fourth-order valence-electron chi connectivity index (χ4n) is 5.90. The molecule has 202 valence electrons. The number of ether oxygens (including phenoxy) is 1. The van der Waals surface area contributed by atoms with E-state index in [1.54, 1.807) is 30.2 Å². The van der Waals surface area contributed by atoms with Crippen molar-refractivity contribution in [2.24, 2.45) is 0 Å². The van der Waals surface area contributed by atoms with Crippen molar-refractivity contribution in [2.75, 3.05) is 13.1 Å². The Kier molecular flexibility index (Phi) is 6.98. The summed E-state index contributed by atoms with van der Waals surface area (Å²) in [5.74, 6) is 0.0569. The number of hydrogen-bond acceptors (Lipinski definition) is 5. The first-order chi connectivity index (χ1) is 19.0. The topological polar surface area (TPSA) is 72.6 Å². The van der Waals surface area contributed by atoms with Crippen LogP contribution in [0.4, 0.5) is 4.39 Å². The van der Waals surface area contributed by atoms with Gasteiger partial charge >= 0.3 is 23.9 Å². The maximum atomic E-state index is 15.1. The molecule has 9 heteroatoms. The molecule has 1 saturated heterocycles. The molecule has 1 amide bonds. The second-order valence-electron chi connectivity index (χ2n) is 10.6. The number of carbonyl (C=O) groups is 1. The quantitative estimate of drug-likeness (QED) is 0.253. The van der Waals surface area contributed by atoms with Crippen molar-refractivity contribution in [1.29, 1.82) is 0 Å². The number of benzene rings is 2. The Bertz CT molecular complexity index is 1720. The number of nitrogens with zero attached hydrogens (tertiary/aromatic N) is 5. The zero-order chi connectivity index (χ0) is 26.6. The van der Waals surface area contributed by atoms with Crippen molar-refractivity contribution in [1.82, 2.24) is 24.3 Å². The van der Waals surface area contributed by atoms with Gasteiger partial charge in [-0.3, -0.25) is 14.2 Å². The van der Waals surface area contributed by atoms with E-state index in [0.717, 1.165) is 60.9 Å². The molecule has 2 radical (unpaired) electrons. The Morgan fingerprint density at radius 3 is 2.58 bits per heavy atom. The molecule has 40 heavy (non-hydrogen) atoms. The Morgan fingerprint density at radius 2 is 1.80 bits per heavy atom. The predicted octanol–water partition coefficient (Wildman–Crippen LogP) is 4.64. The summed E-state index contributed by atoms with van der Waals surface area (Å²) < 4.78 is 22.9. The molecule has 5 aromatic rings. The zero-order valence-electron chi connectivity index (χ0n) is 22.4. The van der Waals surface area contributed by atoms with Crippen molar-refractivity contribution in [2.45, 2.75) is 44.1 Å². The Morgan fingerprint density at radius 1 is 1.00 bits per heavy atom. The minimum absolute atomic E-state index is 0. The number of pyridine rings is 1. The molecule has 1 aliphatic heterocycles. The van der Waals surface area contributed by atoms with Gasteiger partial charge in [-0.15, -0.1) is 0 Å². The van der Waals surface area contributed by atoms with Crippen LogP contribution in [0, 0.1) is 5.82 Å². The van der Waals surface area contributed by atoms with E-state index in [0.29, 0.717) is 11.3 Å². The number of imidazole rings is 1. The summed E-state index contributed by atoms with van der Waals surface area (Å²) in [6.45, 7) is 3.14. The molecule has 0 N–H and O–H groups in total. The number of halogens is 1. The van der Waals surface area contributed by atoms with Gasteiger partial charge in [0, 0.05) is 48.0 Å². The third kappa shape index (κ3) is 4.52. The number of amides is 1. The molecular formula is C31H30FN5O2Sn. The van der Waals surface area contributed by atoms with E-state index in [4.69, 9.17) is 4.74 Å². The van der Waals surface area contributed by atoms with Crippen LogP contribution >= 0.6 is 0 Å². The van der Waals surface area contributed by atoms with E-state index < -0.39 is 11.9 Å². The molecular weight excluding hydrogens is 612 g/mol. The molecule has 1 unspecified atom stereocenters. The first kappa shape index (κ1) is 26.7. The summed E-state index contributed by atoms with van der Waals surface area (Å²) in [6, 6.07) is 15.2. The fraction of sp³-hybridized carbons (Fsp3) is 0.290. The Hall–Kier alpha value is -3.53. The third-order valence-corrected chi connectivity index (χ3v) is 8.10. The summed E-state index contributed by atoms with van der Waals surface area (Å²) in [5.41, 5.74) is 4.56. The monoisotopic (exact) mass is 643 g/mol. The molecule has 2 aromatic carbocycles. The molecule has 0 bridgehead atoms. The van der Waals surface area contributed by atoms with Crippen LogP contribution < -0.4 is 4.74 Å². The second-order valence-corrected chi connectivity index (χ2v) is 10.6. The number of hydrogen-bond donors (Lipinski definition) is 0. The summed E-state index contributed by atoms with van der Waals surface area (Å²) in [7, 11) is 0. The van der Waals surface area contributed by atoms with E-state index >= 15 is 4.39 Å². The Labute approximate surface area is 248 Å². The standard InChI is InChI=1S/C31H28FN5O2.Sn.2H/c1-20(29(38)36-14-2-3-15-36)39-27-10-9-21(16-25(27)32)22-17-34-30-35-18-28(37(30)19-22)31(11-12-31)24-7-4-8-26-23(24)6-5-13-33-26;;;/h4-10,13,16-20H,2-3,11-12,14-15H2,1H3;;;. The molecule has 1 saturated carbocycles. The molecule has 7 nitrogen and oxygen atoms in total. The van der Waals surface area contributed by atoms with Gasteiger partial charge in [0.2, 0.25) is 5.78 Å². The van der Waals surface area contributed by atoms with Crippen LogP contribution in [0.3, 0.4) is 0 Å². The van der Waals surface area contributed by atoms with Crippen molar-refractivity contribution in [3.63, 3.8) is 0 Å². The zero-order valence-corrected chi connectivity index (χ0v) is 26.4. The first-order valence-electron chi connectivity index (χ1n) is 13.5. The van der Waals surface area contributed by atoms with Gasteiger partial charge in [0.15, 0.2) is 17.7 Å². The average Bonchev–Trinajstić information content (AvgIpc) is 3.36. The van der Waals surface area contributed by atoms with Gasteiger partial charge < -0.3 is 9.64 Å². The summed E-state index contributed by atoms with van der Waals surface area (Å²) in [4.78, 5) is 28.1. The van der Waals surface area contributed by atoms with Crippen molar-refractivity contribution in [3.8, 4) is 16.9 Å². The third-order valence-electron chi connectivity index (χ3n) is 8.10. The fourth-order valence-corrected chi connectivity index (χ4v) is 5.90. The summed E-state index contributed by atoms with van der Waals surface area (Å²) in [6.07, 6.45) is 10.7. The minimum atomic E-state index is -0.742. The van der Waals surface area contributed by atoms with Gasteiger partial charge in [-0.25, -0.2) is 14.4 Å². The summed E-state index contributed by atoms with van der Waals surface area (Å²) >= 11 is 0. The van der Waals surface area contributed by atoms with Crippen LogP contribution in [0.2, 0.25) is 0 Å². The SMILES string of the molecule is CC(Oc1ccc(-c2cnc3ncc(C4(c5cccc6ncccc56)CC4)n3c2)cc1F)C(=O)N1CCCC1.[SnH2]. The molecule has 2 fully saturated rings. The van der Waals surface area contributed by atoms with Crippen molar-refractivity contribution in [3.05, 3.63) is 90.4 Å². The number of aromatic nitrogens is 4. The van der Waals surface area contributed by atoms with E-state index in [9.17, 15) is 4.79 Å². The molecule has 1 aliphatic carbocycles.